The standard InChI is InChI=1S/C11H10IN2OP.CH4O/c1-8-10-5-4-9(3-2-6-15)7-11(10)14(13-8)16-12;1-2/h2-7,16H,1H3;2H,1H3/b3-2+;. The largest absolute Gasteiger partial charge is 0.400 e. The van der Waals surface area contributed by atoms with Gasteiger partial charge in [-0.1, -0.05) is 18.2 Å². The Morgan fingerprint density at radius 3 is 2.78 bits per heavy atom. The van der Waals surface area contributed by atoms with E-state index < -0.39 is 0 Å². The molecule has 1 aromatic heterocycles. The first-order valence-corrected chi connectivity index (χ1v) is 9.25. The van der Waals surface area contributed by atoms with E-state index in [-0.39, 0.29) is 0 Å². The Labute approximate surface area is 120 Å². The highest BCUT2D eigenvalue weighted by Gasteiger charge is 2.06. The number of aldehydes is 1. The molecule has 1 aromatic carbocycles. The van der Waals surface area contributed by atoms with Gasteiger partial charge in [0.15, 0.2) is 0 Å². The van der Waals surface area contributed by atoms with Gasteiger partial charge in [0.25, 0.3) is 0 Å². The van der Waals surface area contributed by atoms with Crippen molar-refractivity contribution in [3.8, 4) is 0 Å². The van der Waals surface area contributed by atoms with Crippen LogP contribution in [0.3, 0.4) is 0 Å². The smallest absolute Gasteiger partial charge is 0.142 e. The van der Waals surface area contributed by atoms with Crippen LogP contribution >= 0.6 is 28.4 Å². The first-order valence-electron chi connectivity index (χ1n) is 5.19. The number of rotatable bonds is 3. The maximum atomic E-state index is 10.3. The van der Waals surface area contributed by atoms with Gasteiger partial charge in [0.05, 0.1) is 17.6 Å². The number of aliphatic hydroxyl groups is 1. The molecule has 0 spiro atoms. The Bertz CT molecular complexity index is 566. The lowest BCUT2D eigenvalue weighted by Gasteiger charge is -1.98. The van der Waals surface area contributed by atoms with Crippen LogP contribution in [0.4, 0.5) is 0 Å². The zero-order valence-electron chi connectivity index (χ0n) is 10.1. The minimum atomic E-state index is 0.585. The summed E-state index contributed by atoms with van der Waals surface area (Å²) in [7, 11) is 1.00. The van der Waals surface area contributed by atoms with Gasteiger partial charge >= 0.3 is 0 Å². The lowest BCUT2D eigenvalue weighted by Crippen LogP contribution is -1.83. The van der Waals surface area contributed by atoms with Gasteiger partial charge in [-0.05, 0) is 46.7 Å². The minimum absolute atomic E-state index is 0.585. The minimum Gasteiger partial charge on any atom is -0.400 e. The Kier molecular flexibility index (Phi) is 6.46. The normalized spacial score (nSPS) is 11.1. The van der Waals surface area contributed by atoms with Gasteiger partial charge in [-0.2, -0.15) is 5.10 Å². The van der Waals surface area contributed by atoms with Crippen LogP contribution < -0.4 is 0 Å². The molecule has 0 saturated carbocycles. The number of benzene rings is 1. The molecular weight excluding hydrogens is 362 g/mol. The molecule has 0 bridgehead atoms. The van der Waals surface area contributed by atoms with E-state index in [1.165, 1.54) is 11.5 Å². The summed E-state index contributed by atoms with van der Waals surface area (Å²) in [6.45, 7) is 2.01. The molecule has 0 aliphatic carbocycles. The second-order valence-corrected chi connectivity index (χ2v) is 5.39. The van der Waals surface area contributed by atoms with Crippen molar-refractivity contribution in [1.82, 2.24) is 9.55 Å². The van der Waals surface area contributed by atoms with Crippen molar-refractivity contribution in [3.63, 3.8) is 0 Å². The molecule has 0 aliphatic rings. The Hall–Kier alpha value is -0.780. The molecule has 0 radical (unpaired) electrons. The fraction of sp³-hybridized carbons (Fsp3) is 0.167. The van der Waals surface area contributed by atoms with E-state index in [1.807, 2.05) is 17.4 Å². The molecule has 1 atom stereocenters. The number of aliphatic hydroxyl groups excluding tert-OH is 1. The number of allylic oxidation sites excluding steroid dienone is 1. The van der Waals surface area contributed by atoms with E-state index in [4.69, 9.17) is 5.11 Å². The molecule has 1 unspecified atom stereocenters. The summed E-state index contributed by atoms with van der Waals surface area (Å²) in [5.41, 5.74) is 3.19. The summed E-state index contributed by atoms with van der Waals surface area (Å²) < 4.78 is 1.99. The van der Waals surface area contributed by atoms with Gasteiger partial charge in [-0.15, -0.1) is 0 Å². The summed E-state index contributed by atoms with van der Waals surface area (Å²) in [5, 5.41) is 12.6. The number of carbonyl (C=O) groups is 1. The summed E-state index contributed by atoms with van der Waals surface area (Å²) >= 11 is 2.31. The van der Waals surface area contributed by atoms with Crippen LogP contribution in [0.5, 0.6) is 0 Å². The maximum absolute atomic E-state index is 10.3. The highest BCUT2D eigenvalue weighted by atomic mass is 127. The Balaban J connectivity index is 0.000000771. The average molecular weight is 376 g/mol. The lowest BCUT2D eigenvalue weighted by atomic mass is 10.1. The quantitative estimate of drug-likeness (QED) is 0.388. The van der Waals surface area contributed by atoms with Gasteiger partial charge in [-0.25, -0.2) is 4.45 Å². The molecule has 4 nitrogen and oxygen atoms in total. The first kappa shape index (κ1) is 15.3. The van der Waals surface area contributed by atoms with E-state index >= 15 is 0 Å². The van der Waals surface area contributed by atoms with Crippen LogP contribution in [0, 0.1) is 6.92 Å². The predicted octanol–water partition coefficient (Wildman–Crippen LogP) is 2.96. The van der Waals surface area contributed by atoms with Crippen LogP contribution in [0.2, 0.25) is 0 Å². The third-order valence-electron chi connectivity index (χ3n) is 2.34. The summed E-state index contributed by atoms with van der Waals surface area (Å²) in [6, 6.07) is 6.11. The van der Waals surface area contributed by atoms with Crippen LogP contribution in [0.25, 0.3) is 17.0 Å². The zero-order valence-corrected chi connectivity index (χ0v) is 13.2. The maximum Gasteiger partial charge on any atom is 0.142 e. The molecule has 2 aromatic rings. The number of aromatic nitrogens is 2. The summed E-state index contributed by atoms with van der Waals surface area (Å²) in [5.74, 6) is 0. The third kappa shape index (κ3) is 3.37. The monoisotopic (exact) mass is 376 g/mol. The molecule has 0 fully saturated rings. The fourth-order valence-corrected chi connectivity index (χ4v) is 3.17. The third-order valence-corrected chi connectivity index (χ3v) is 4.21. The number of carbonyl (C=O) groups excluding carboxylic acids is 1. The number of nitrogens with zero attached hydrogens (tertiary/aromatic N) is 2. The van der Waals surface area contributed by atoms with E-state index in [2.05, 4.69) is 39.3 Å². The van der Waals surface area contributed by atoms with Crippen LogP contribution in [0.1, 0.15) is 11.3 Å². The molecule has 0 saturated heterocycles. The zero-order chi connectivity index (χ0) is 13.5. The molecule has 0 aliphatic heterocycles. The van der Waals surface area contributed by atoms with Gasteiger partial charge in [0, 0.05) is 12.5 Å². The predicted molar refractivity (Wildman–Crippen MR) is 85.4 cm³/mol. The highest BCUT2D eigenvalue weighted by molar-refractivity contribution is 14.2. The molecule has 18 heavy (non-hydrogen) atoms. The number of hydrogen-bond acceptors (Lipinski definition) is 3. The topological polar surface area (TPSA) is 55.1 Å². The van der Waals surface area contributed by atoms with Crippen molar-refractivity contribution < 1.29 is 9.90 Å². The fourth-order valence-electron chi connectivity index (χ4n) is 1.61. The highest BCUT2D eigenvalue weighted by Crippen LogP contribution is 2.30. The number of aryl methyl sites for hydroxylation is 1. The van der Waals surface area contributed by atoms with Crippen molar-refractivity contribution >= 4 is 51.7 Å². The molecule has 2 rings (SSSR count). The second kappa shape index (κ2) is 7.61. The number of fused-ring (bicyclic) bond motifs is 1. The SMILES string of the molecule is CO.Cc1nn(PI)c2cc(/C=C/C=O)ccc12. The molecule has 1 N–H and O–H groups in total. The Morgan fingerprint density at radius 2 is 2.17 bits per heavy atom. The van der Waals surface area contributed by atoms with E-state index in [0.717, 1.165) is 30.2 Å². The van der Waals surface area contributed by atoms with Gasteiger partial charge < -0.3 is 5.11 Å². The van der Waals surface area contributed by atoms with Crippen molar-refractivity contribution in [1.29, 1.82) is 0 Å². The summed E-state index contributed by atoms with van der Waals surface area (Å²) in [4.78, 5) is 10.3. The van der Waals surface area contributed by atoms with Crippen molar-refractivity contribution in [2.45, 2.75) is 6.92 Å². The van der Waals surface area contributed by atoms with Crippen molar-refractivity contribution in [3.05, 3.63) is 35.5 Å². The van der Waals surface area contributed by atoms with Gasteiger partial charge in [-0.3, -0.25) is 4.79 Å². The second-order valence-electron chi connectivity index (χ2n) is 3.35. The van der Waals surface area contributed by atoms with Crippen molar-refractivity contribution in [2.24, 2.45) is 0 Å². The van der Waals surface area contributed by atoms with Crippen LogP contribution in [-0.4, -0.2) is 28.1 Å². The van der Waals surface area contributed by atoms with E-state index in [1.54, 1.807) is 6.08 Å². The molecule has 1 heterocycles. The van der Waals surface area contributed by atoms with E-state index in [0.29, 0.717) is 6.37 Å². The van der Waals surface area contributed by atoms with Gasteiger partial charge in [0.1, 0.15) is 6.29 Å². The van der Waals surface area contributed by atoms with E-state index in [9.17, 15) is 4.79 Å². The number of halogens is 1. The lowest BCUT2D eigenvalue weighted by molar-refractivity contribution is -0.104. The Morgan fingerprint density at radius 1 is 1.44 bits per heavy atom. The molecule has 6 heteroatoms. The molecule has 96 valence electrons. The first-order chi connectivity index (χ1) is 8.76. The van der Waals surface area contributed by atoms with Crippen molar-refractivity contribution in [2.75, 3.05) is 7.11 Å². The van der Waals surface area contributed by atoms with Gasteiger partial charge in [0.2, 0.25) is 0 Å². The average Bonchev–Trinajstić information content (AvgIpc) is 2.75. The van der Waals surface area contributed by atoms with Crippen LogP contribution in [0.15, 0.2) is 24.3 Å². The molecule has 0 amide bonds. The van der Waals surface area contributed by atoms with Crippen LogP contribution in [-0.2, 0) is 4.79 Å². The molecular formula is C12H14IN2O2P. The summed E-state index contributed by atoms with van der Waals surface area (Å²) in [6.07, 6.45) is 4.67. The number of hydrogen-bond donors (Lipinski definition) is 1.